The van der Waals surface area contributed by atoms with Gasteiger partial charge in [0, 0.05) is 18.0 Å². The minimum Gasteiger partial charge on any atom is -0.488 e. The standard InChI is InChI=1S/C22H25BrN4O5S/c1-4-31-22(29)27-33(3,30)16-7-5-6-15(8-16)12-32-20-10-19-17(9-18(20)23)21(26-13-25-19)24-11-14(2)28/h5-10,13-14,28H,3-4,11-12H2,1-2H3,(H,24,25,26)(H,27,29,30)/t14-,33?/m0/s1. The van der Waals surface area contributed by atoms with Gasteiger partial charge in [-0.05, 0) is 59.4 Å². The third-order valence-electron chi connectivity index (χ3n) is 4.45. The van der Waals surface area contributed by atoms with Crippen molar-refractivity contribution in [3.63, 3.8) is 0 Å². The van der Waals surface area contributed by atoms with Gasteiger partial charge in [0.05, 0.1) is 37.3 Å². The van der Waals surface area contributed by atoms with Gasteiger partial charge in [0.1, 0.15) is 24.5 Å². The Morgan fingerprint density at radius 2 is 2.09 bits per heavy atom. The molecule has 0 aliphatic carbocycles. The van der Waals surface area contributed by atoms with Crippen LogP contribution in [-0.4, -0.2) is 50.5 Å². The highest BCUT2D eigenvalue weighted by atomic mass is 79.9. The van der Waals surface area contributed by atoms with Crippen LogP contribution >= 0.6 is 15.9 Å². The summed E-state index contributed by atoms with van der Waals surface area (Å²) in [6.07, 6.45) is 0.135. The number of hydrogen-bond donors (Lipinski definition) is 3. The third kappa shape index (κ3) is 6.56. The van der Waals surface area contributed by atoms with Crippen molar-refractivity contribution in [3.8, 4) is 5.75 Å². The van der Waals surface area contributed by atoms with Gasteiger partial charge in [0.2, 0.25) is 0 Å². The second-order valence-electron chi connectivity index (χ2n) is 7.19. The lowest BCUT2D eigenvalue weighted by molar-refractivity contribution is 0.159. The summed E-state index contributed by atoms with van der Waals surface area (Å²) >= 11 is 3.52. The maximum atomic E-state index is 12.8. The zero-order chi connectivity index (χ0) is 24.0. The predicted molar refractivity (Wildman–Crippen MR) is 132 cm³/mol. The molecule has 3 rings (SSSR count). The van der Waals surface area contributed by atoms with E-state index in [9.17, 15) is 14.1 Å². The van der Waals surface area contributed by atoms with Crippen molar-refractivity contribution >= 4 is 54.3 Å². The molecule has 1 aromatic heterocycles. The number of aliphatic hydroxyl groups excluding tert-OH is 1. The maximum absolute atomic E-state index is 12.8. The Kier molecular flexibility index (Phi) is 8.11. The molecule has 2 atom stereocenters. The Labute approximate surface area is 200 Å². The Bertz CT molecular complexity index is 1250. The number of rotatable bonds is 9. The Morgan fingerprint density at radius 1 is 1.30 bits per heavy atom. The quantitative estimate of drug-likeness (QED) is 0.355. The number of carbonyl (C=O) groups excluding carboxylic acids is 1. The van der Waals surface area contributed by atoms with E-state index in [0.29, 0.717) is 33.0 Å². The lowest BCUT2D eigenvalue weighted by Crippen LogP contribution is -2.31. The van der Waals surface area contributed by atoms with Crippen molar-refractivity contribution < 1.29 is 23.6 Å². The van der Waals surface area contributed by atoms with Gasteiger partial charge in [-0.3, -0.25) is 0 Å². The number of amides is 1. The molecule has 11 heteroatoms. The summed E-state index contributed by atoms with van der Waals surface area (Å²) in [4.78, 5) is 20.6. The van der Waals surface area contributed by atoms with Crippen molar-refractivity contribution in [1.82, 2.24) is 14.7 Å². The molecule has 1 unspecified atom stereocenters. The number of aliphatic hydroxyl groups is 1. The van der Waals surface area contributed by atoms with Crippen LogP contribution in [0.15, 0.2) is 52.1 Å². The molecule has 0 aliphatic heterocycles. The van der Waals surface area contributed by atoms with Crippen molar-refractivity contribution in [2.75, 3.05) is 18.5 Å². The number of nitrogens with one attached hydrogen (secondary N) is 2. The number of benzene rings is 2. The van der Waals surface area contributed by atoms with Crippen LogP contribution in [0.25, 0.3) is 10.9 Å². The summed E-state index contributed by atoms with van der Waals surface area (Å²) in [6, 6.07) is 10.4. The molecular formula is C22H25BrN4O5S. The highest BCUT2D eigenvalue weighted by Crippen LogP contribution is 2.32. The smallest absolute Gasteiger partial charge is 0.418 e. The van der Waals surface area contributed by atoms with E-state index >= 15 is 0 Å². The molecule has 3 aromatic rings. The van der Waals surface area contributed by atoms with E-state index in [1.54, 1.807) is 38.1 Å². The van der Waals surface area contributed by atoms with Crippen molar-refractivity contribution in [2.24, 2.45) is 0 Å². The van der Waals surface area contributed by atoms with Gasteiger partial charge < -0.3 is 19.9 Å². The number of anilines is 1. The molecule has 3 N–H and O–H groups in total. The summed E-state index contributed by atoms with van der Waals surface area (Å²) in [5.74, 6) is 4.81. The second-order valence-corrected chi connectivity index (χ2v) is 10.1. The fourth-order valence-corrected chi connectivity index (χ4v) is 4.45. The number of fused-ring (bicyclic) bond motifs is 1. The van der Waals surface area contributed by atoms with Crippen molar-refractivity contribution in [1.29, 1.82) is 0 Å². The van der Waals surface area contributed by atoms with Crippen LogP contribution in [0.5, 0.6) is 5.75 Å². The SMILES string of the molecule is C=S(=O)(NC(=O)OCC)c1cccc(COc2cc3ncnc(NC[C@H](C)O)c3cc2Br)c1. The van der Waals surface area contributed by atoms with E-state index in [0.717, 1.165) is 10.9 Å². The highest BCUT2D eigenvalue weighted by Gasteiger charge is 2.14. The first-order valence-corrected chi connectivity index (χ1v) is 12.6. The minimum absolute atomic E-state index is 0.166. The molecule has 0 aliphatic rings. The number of aromatic nitrogens is 2. The Balaban J connectivity index is 1.77. The molecule has 33 heavy (non-hydrogen) atoms. The number of carbonyl (C=O) groups is 1. The van der Waals surface area contributed by atoms with E-state index in [4.69, 9.17) is 9.47 Å². The first-order chi connectivity index (χ1) is 15.7. The summed E-state index contributed by atoms with van der Waals surface area (Å²) in [7, 11) is -3.07. The topological polar surface area (TPSA) is 123 Å². The van der Waals surface area contributed by atoms with Crippen LogP contribution < -0.4 is 14.8 Å². The summed E-state index contributed by atoms with van der Waals surface area (Å²) in [5, 5.41) is 13.4. The predicted octanol–water partition coefficient (Wildman–Crippen LogP) is 3.50. The third-order valence-corrected chi connectivity index (χ3v) is 6.58. The van der Waals surface area contributed by atoms with Gasteiger partial charge in [-0.25, -0.2) is 23.7 Å². The molecule has 0 bridgehead atoms. The molecule has 0 spiro atoms. The van der Waals surface area contributed by atoms with Gasteiger partial charge in [-0.15, -0.1) is 0 Å². The monoisotopic (exact) mass is 536 g/mol. The molecule has 0 saturated heterocycles. The summed E-state index contributed by atoms with van der Waals surface area (Å²) in [5.41, 5.74) is 1.41. The Hall–Kier alpha value is -2.89. The molecular weight excluding hydrogens is 512 g/mol. The zero-order valence-electron chi connectivity index (χ0n) is 18.2. The highest BCUT2D eigenvalue weighted by molar-refractivity contribution is 9.10. The first kappa shape index (κ1) is 24.7. The molecule has 1 heterocycles. The number of nitrogens with zero attached hydrogens (tertiary/aromatic N) is 2. The zero-order valence-corrected chi connectivity index (χ0v) is 20.6. The maximum Gasteiger partial charge on any atom is 0.418 e. The second kappa shape index (κ2) is 10.8. The molecule has 0 saturated carbocycles. The van der Waals surface area contributed by atoms with Gasteiger partial charge in [0.25, 0.3) is 0 Å². The van der Waals surface area contributed by atoms with E-state index in [-0.39, 0.29) is 13.2 Å². The summed E-state index contributed by atoms with van der Waals surface area (Å²) in [6.45, 7) is 4.06. The van der Waals surface area contributed by atoms with E-state index in [1.165, 1.54) is 6.33 Å². The van der Waals surface area contributed by atoms with Crippen LogP contribution in [0.3, 0.4) is 0 Å². The number of hydrogen-bond acceptors (Lipinski definition) is 8. The summed E-state index contributed by atoms with van der Waals surface area (Å²) < 4.78 is 26.6. The van der Waals surface area contributed by atoms with Crippen molar-refractivity contribution in [2.45, 2.75) is 31.5 Å². The molecule has 1 amide bonds. The lowest BCUT2D eigenvalue weighted by Gasteiger charge is -2.14. The van der Waals surface area contributed by atoms with Crippen LogP contribution in [0, 0.1) is 0 Å². The van der Waals surface area contributed by atoms with Gasteiger partial charge in [-0.1, -0.05) is 12.1 Å². The molecule has 2 aromatic carbocycles. The Morgan fingerprint density at radius 3 is 2.82 bits per heavy atom. The number of halogens is 1. The van der Waals surface area contributed by atoms with Gasteiger partial charge >= 0.3 is 6.09 Å². The largest absolute Gasteiger partial charge is 0.488 e. The minimum atomic E-state index is -3.07. The average molecular weight is 537 g/mol. The van der Waals surface area contributed by atoms with E-state index in [2.05, 4.69) is 41.8 Å². The fourth-order valence-electron chi connectivity index (χ4n) is 2.91. The van der Waals surface area contributed by atoms with Crippen molar-refractivity contribution in [3.05, 3.63) is 52.8 Å². The average Bonchev–Trinajstić information content (AvgIpc) is 2.76. The fraction of sp³-hybridized carbons (Fsp3) is 0.273. The van der Waals surface area contributed by atoms with Crippen LogP contribution in [0.2, 0.25) is 0 Å². The van der Waals surface area contributed by atoms with E-state index in [1.807, 2.05) is 12.1 Å². The van der Waals surface area contributed by atoms with Gasteiger partial charge in [-0.2, -0.15) is 0 Å². The molecule has 0 radical (unpaired) electrons. The molecule has 9 nitrogen and oxygen atoms in total. The lowest BCUT2D eigenvalue weighted by atomic mass is 10.2. The molecule has 0 fully saturated rings. The molecule has 176 valence electrons. The van der Waals surface area contributed by atoms with Crippen LogP contribution in [-0.2, 0) is 21.1 Å². The van der Waals surface area contributed by atoms with E-state index < -0.39 is 21.9 Å². The van der Waals surface area contributed by atoms with Crippen LogP contribution in [0.1, 0.15) is 19.4 Å². The van der Waals surface area contributed by atoms with Gasteiger partial charge in [0.15, 0.2) is 0 Å². The van der Waals surface area contributed by atoms with Crippen LogP contribution in [0.4, 0.5) is 10.6 Å². The number of ether oxygens (including phenoxy) is 2. The normalized spacial score (nSPS) is 13.7. The first-order valence-electron chi connectivity index (χ1n) is 10.1.